The molecule has 1 aliphatic rings. The Hall–Kier alpha value is -2.74. The lowest BCUT2D eigenvalue weighted by molar-refractivity contribution is 0.111. The highest BCUT2D eigenvalue weighted by Gasteiger charge is 2.37. The normalized spacial score (nSPS) is 14.3. The second-order valence-corrected chi connectivity index (χ2v) is 6.60. The van der Waals surface area contributed by atoms with Crippen LogP contribution in [0.25, 0.3) is 21.9 Å². The maximum absolute atomic E-state index is 11.6. The Balaban J connectivity index is 2.19. The van der Waals surface area contributed by atoms with Crippen LogP contribution >= 0.6 is 0 Å². The maximum Gasteiger partial charge on any atom is 0.150 e. The van der Waals surface area contributed by atoms with E-state index >= 15 is 0 Å². The maximum atomic E-state index is 11.6. The van der Waals surface area contributed by atoms with Crippen LogP contribution in [0.2, 0.25) is 0 Å². The highest BCUT2D eigenvalue weighted by atomic mass is 16.1. The van der Waals surface area contributed by atoms with E-state index in [9.17, 15) is 9.59 Å². The van der Waals surface area contributed by atoms with Crippen molar-refractivity contribution in [1.29, 1.82) is 0 Å². The van der Waals surface area contributed by atoms with E-state index in [0.717, 1.165) is 45.6 Å². The number of benzene rings is 3. The highest BCUT2D eigenvalue weighted by molar-refractivity contribution is 6.09. The quantitative estimate of drug-likeness (QED) is 0.639. The summed E-state index contributed by atoms with van der Waals surface area (Å²) < 4.78 is 0. The van der Waals surface area contributed by atoms with Gasteiger partial charge in [-0.2, -0.15) is 0 Å². The molecule has 23 heavy (non-hydrogen) atoms. The van der Waals surface area contributed by atoms with Gasteiger partial charge >= 0.3 is 0 Å². The molecule has 4 rings (SSSR count). The summed E-state index contributed by atoms with van der Waals surface area (Å²) in [5.41, 5.74) is 5.81. The van der Waals surface area contributed by atoms with Crippen molar-refractivity contribution in [2.24, 2.45) is 0 Å². The second kappa shape index (κ2) is 4.63. The Labute approximate surface area is 134 Å². The Bertz CT molecular complexity index is 981. The van der Waals surface area contributed by atoms with Crippen LogP contribution in [0.1, 0.15) is 45.7 Å². The number of hydrogen-bond acceptors (Lipinski definition) is 2. The van der Waals surface area contributed by atoms with E-state index in [1.807, 2.05) is 42.5 Å². The van der Waals surface area contributed by atoms with E-state index in [0.29, 0.717) is 5.56 Å². The molecule has 0 unspecified atom stereocenters. The third kappa shape index (κ3) is 1.75. The predicted molar refractivity (Wildman–Crippen MR) is 92.3 cm³/mol. The van der Waals surface area contributed by atoms with Gasteiger partial charge in [0, 0.05) is 16.5 Å². The Kier molecular flexibility index (Phi) is 2.79. The van der Waals surface area contributed by atoms with Gasteiger partial charge in [0.15, 0.2) is 6.29 Å². The van der Waals surface area contributed by atoms with Gasteiger partial charge in [0.2, 0.25) is 0 Å². The third-order valence-corrected chi connectivity index (χ3v) is 5.00. The summed E-state index contributed by atoms with van der Waals surface area (Å²) in [5, 5.41) is 2.07. The van der Waals surface area contributed by atoms with Crippen LogP contribution in [-0.4, -0.2) is 12.6 Å². The monoisotopic (exact) mass is 300 g/mol. The lowest BCUT2D eigenvalue weighted by Gasteiger charge is -2.22. The van der Waals surface area contributed by atoms with Crippen LogP contribution in [0.5, 0.6) is 0 Å². The minimum atomic E-state index is -0.231. The third-order valence-electron chi connectivity index (χ3n) is 5.00. The number of rotatable bonds is 2. The summed E-state index contributed by atoms with van der Waals surface area (Å²) in [6.07, 6.45) is 1.81. The fourth-order valence-corrected chi connectivity index (χ4v) is 3.80. The smallest absolute Gasteiger partial charge is 0.150 e. The van der Waals surface area contributed by atoms with Gasteiger partial charge in [-0.15, -0.1) is 0 Å². The topological polar surface area (TPSA) is 34.1 Å². The average Bonchev–Trinajstić information content (AvgIpc) is 2.81. The Morgan fingerprint density at radius 2 is 1.57 bits per heavy atom. The van der Waals surface area contributed by atoms with Crippen LogP contribution in [0, 0.1) is 0 Å². The van der Waals surface area contributed by atoms with Gasteiger partial charge in [-0.3, -0.25) is 9.59 Å². The fourth-order valence-electron chi connectivity index (χ4n) is 3.80. The fraction of sp³-hybridized carbons (Fsp3) is 0.143. The van der Waals surface area contributed by atoms with E-state index < -0.39 is 0 Å². The molecule has 0 atom stereocenters. The van der Waals surface area contributed by atoms with Gasteiger partial charge in [0.1, 0.15) is 6.29 Å². The van der Waals surface area contributed by atoms with Crippen molar-refractivity contribution in [1.82, 2.24) is 0 Å². The van der Waals surface area contributed by atoms with E-state index in [1.165, 1.54) is 5.56 Å². The summed E-state index contributed by atoms with van der Waals surface area (Å²) >= 11 is 0. The molecule has 0 amide bonds. The lowest BCUT2D eigenvalue weighted by Crippen LogP contribution is -2.15. The molecule has 0 heterocycles. The molecule has 0 saturated carbocycles. The Morgan fingerprint density at radius 3 is 2.26 bits per heavy atom. The summed E-state index contributed by atoms with van der Waals surface area (Å²) in [6.45, 7) is 4.30. The van der Waals surface area contributed by atoms with Crippen LogP contribution in [0.15, 0.2) is 48.5 Å². The first-order valence-electron chi connectivity index (χ1n) is 7.69. The van der Waals surface area contributed by atoms with Gasteiger partial charge in [0.25, 0.3) is 0 Å². The second-order valence-electron chi connectivity index (χ2n) is 6.60. The van der Waals surface area contributed by atoms with E-state index in [-0.39, 0.29) is 5.41 Å². The number of carbonyl (C=O) groups is 2. The van der Waals surface area contributed by atoms with E-state index in [4.69, 9.17) is 0 Å². The summed E-state index contributed by atoms with van der Waals surface area (Å²) in [5.74, 6) is 0. The first-order valence-corrected chi connectivity index (χ1v) is 7.69. The first kappa shape index (κ1) is 13.9. The van der Waals surface area contributed by atoms with Gasteiger partial charge < -0.3 is 0 Å². The van der Waals surface area contributed by atoms with Crippen molar-refractivity contribution < 1.29 is 9.59 Å². The molecular formula is C21H16O2. The standard InChI is InChI=1S/C21H16O2/c1-21(2)18-9-13(11-22)7-8-17(18)20-16-6-4-3-5-15(16)14(12-23)10-19(20)21/h3-12H,1-2H3. The minimum absolute atomic E-state index is 0.231. The highest BCUT2D eigenvalue weighted by Crippen LogP contribution is 2.51. The van der Waals surface area contributed by atoms with Gasteiger partial charge in [-0.25, -0.2) is 0 Å². The zero-order valence-corrected chi connectivity index (χ0v) is 13.1. The molecule has 2 heteroatoms. The predicted octanol–water partition coefficient (Wildman–Crippen LogP) is 4.77. The molecule has 0 N–H and O–H groups in total. The van der Waals surface area contributed by atoms with Crippen molar-refractivity contribution in [3.8, 4) is 11.1 Å². The largest absolute Gasteiger partial charge is 0.298 e. The summed E-state index contributed by atoms with van der Waals surface area (Å²) in [4.78, 5) is 22.7. The number of fused-ring (bicyclic) bond motifs is 5. The van der Waals surface area contributed by atoms with Crippen LogP contribution in [-0.2, 0) is 5.41 Å². The first-order chi connectivity index (χ1) is 11.1. The van der Waals surface area contributed by atoms with Crippen LogP contribution < -0.4 is 0 Å². The van der Waals surface area contributed by atoms with Crippen molar-refractivity contribution in [3.63, 3.8) is 0 Å². The molecule has 112 valence electrons. The van der Waals surface area contributed by atoms with Crippen molar-refractivity contribution >= 4 is 23.3 Å². The zero-order chi connectivity index (χ0) is 16.2. The molecule has 3 aromatic carbocycles. The van der Waals surface area contributed by atoms with Gasteiger partial charge in [-0.1, -0.05) is 50.2 Å². The number of carbonyl (C=O) groups excluding carboxylic acids is 2. The minimum Gasteiger partial charge on any atom is -0.298 e. The number of aldehydes is 2. The molecule has 0 bridgehead atoms. The van der Waals surface area contributed by atoms with E-state index in [2.05, 4.69) is 19.9 Å². The van der Waals surface area contributed by atoms with Crippen molar-refractivity contribution in [2.45, 2.75) is 19.3 Å². The summed E-state index contributed by atoms with van der Waals surface area (Å²) in [6, 6.07) is 15.9. The van der Waals surface area contributed by atoms with Gasteiger partial charge in [0.05, 0.1) is 0 Å². The van der Waals surface area contributed by atoms with Gasteiger partial charge in [-0.05, 0) is 45.2 Å². The molecular weight excluding hydrogens is 284 g/mol. The molecule has 0 saturated heterocycles. The van der Waals surface area contributed by atoms with Crippen LogP contribution in [0.3, 0.4) is 0 Å². The van der Waals surface area contributed by atoms with Crippen molar-refractivity contribution in [3.05, 3.63) is 70.8 Å². The molecule has 3 aromatic rings. The van der Waals surface area contributed by atoms with Crippen molar-refractivity contribution in [2.75, 3.05) is 0 Å². The SMILES string of the molecule is CC1(C)c2cc(C=O)ccc2-c2c1cc(C=O)c1ccccc21. The number of hydrogen-bond donors (Lipinski definition) is 0. The van der Waals surface area contributed by atoms with E-state index in [1.54, 1.807) is 0 Å². The van der Waals surface area contributed by atoms with Crippen LogP contribution in [0.4, 0.5) is 0 Å². The average molecular weight is 300 g/mol. The summed E-state index contributed by atoms with van der Waals surface area (Å²) in [7, 11) is 0. The molecule has 1 aliphatic carbocycles. The molecule has 0 spiro atoms. The lowest BCUT2D eigenvalue weighted by atomic mass is 9.81. The molecule has 0 aliphatic heterocycles. The zero-order valence-electron chi connectivity index (χ0n) is 13.1. The molecule has 2 nitrogen and oxygen atoms in total. The molecule has 0 fully saturated rings. The Morgan fingerprint density at radius 1 is 0.826 bits per heavy atom. The molecule has 0 radical (unpaired) electrons. The molecule has 0 aromatic heterocycles.